The third kappa shape index (κ3) is 3.06. The largest absolute Gasteiger partial charge is 0.481 e. The fourth-order valence-electron chi connectivity index (χ4n) is 1.77. The lowest BCUT2D eigenvalue weighted by molar-refractivity contribution is -0.133. The smallest absolute Gasteiger partial charge is 0.344 e. The molecule has 2 N–H and O–H groups in total. The van der Waals surface area contributed by atoms with Crippen LogP contribution in [0.15, 0.2) is 9.95 Å². The molecule has 0 aliphatic carbocycles. The van der Waals surface area contributed by atoms with Crippen LogP contribution in [0.3, 0.4) is 0 Å². The van der Waals surface area contributed by atoms with Crippen molar-refractivity contribution in [1.29, 1.82) is 0 Å². The lowest BCUT2D eigenvalue weighted by atomic mass is 10.2. The molecule has 0 bridgehead atoms. The molecule has 1 unspecified atom stereocenters. The van der Waals surface area contributed by atoms with Crippen LogP contribution < -0.4 is 5.69 Å². The quantitative estimate of drug-likeness (QED) is 0.791. The molecule has 2 rings (SSSR count). The van der Waals surface area contributed by atoms with Crippen LogP contribution >= 0.6 is 23.5 Å². The molecule has 1 aliphatic rings. The van der Waals surface area contributed by atoms with E-state index in [1.165, 1.54) is 0 Å². The van der Waals surface area contributed by atoms with E-state index in [4.69, 9.17) is 5.11 Å². The van der Waals surface area contributed by atoms with Crippen molar-refractivity contribution < 1.29 is 9.90 Å². The predicted octanol–water partition coefficient (Wildman–Crippen LogP) is 0.816. The summed E-state index contributed by atoms with van der Waals surface area (Å²) >= 11 is 2.90. The molecule has 6 nitrogen and oxygen atoms in total. The first-order chi connectivity index (χ1) is 8.18. The summed E-state index contributed by atoms with van der Waals surface area (Å²) in [5.74, 6) is 1.03. The van der Waals surface area contributed by atoms with E-state index in [9.17, 15) is 9.59 Å². The Morgan fingerprint density at radius 2 is 2.53 bits per heavy atom. The number of carbonyl (C=O) groups is 1. The minimum absolute atomic E-state index is 0.0792. The Labute approximate surface area is 106 Å². The Balaban J connectivity index is 2.16. The molecular formula is C9H13N3O3S2. The normalized spacial score (nSPS) is 20.4. The monoisotopic (exact) mass is 275 g/mol. The fourth-order valence-corrected chi connectivity index (χ4v) is 3.63. The maximum Gasteiger partial charge on any atom is 0.344 e. The Morgan fingerprint density at radius 1 is 1.71 bits per heavy atom. The molecule has 17 heavy (non-hydrogen) atoms. The molecule has 1 atom stereocenters. The minimum atomic E-state index is -0.907. The minimum Gasteiger partial charge on any atom is -0.481 e. The Hall–Kier alpha value is -0.890. The summed E-state index contributed by atoms with van der Waals surface area (Å²) in [6, 6.07) is 0.135. The zero-order valence-electron chi connectivity index (χ0n) is 9.09. The number of aliphatic carboxylic acids is 1. The molecule has 0 amide bonds. The molecule has 1 aliphatic heterocycles. The van der Waals surface area contributed by atoms with Gasteiger partial charge in [-0.2, -0.15) is 11.8 Å². The number of hydrogen-bond donors (Lipinski definition) is 2. The molecular weight excluding hydrogens is 262 g/mol. The van der Waals surface area contributed by atoms with Gasteiger partial charge >= 0.3 is 11.7 Å². The number of aromatic nitrogens is 3. The summed E-state index contributed by atoms with van der Waals surface area (Å²) in [5.41, 5.74) is -0.245. The van der Waals surface area contributed by atoms with Gasteiger partial charge in [0.15, 0.2) is 5.16 Å². The van der Waals surface area contributed by atoms with Crippen LogP contribution in [0.4, 0.5) is 0 Å². The van der Waals surface area contributed by atoms with Crippen LogP contribution in [0.5, 0.6) is 0 Å². The average molecular weight is 275 g/mol. The van der Waals surface area contributed by atoms with Crippen LogP contribution in [0, 0.1) is 0 Å². The number of nitrogens with zero attached hydrogens (tertiary/aromatic N) is 2. The molecule has 0 saturated carbocycles. The molecule has 8 heteroatoms. The van der Waals surface area contributed by atoms with E-state index >= 15 is 0 Å². The number of nitrogens with one attached hydrogen (secondary N) is 1. The van der Waals surface area contributed by atoms with Crippen LogP contribution in [-0.4, -0.2) is 43.1 Å². The molecule has 1 aromatic rings. The number of hydrogen-bond acceptors (Lipinski definition) is 5. The highest BCUT2D eigenvalue weighted by atomic mass is 32.2. The van der Waals surface area contributed by atoms with E-state index < -0.39 is 5.97 Å². The van der Waals surface area contributed by atoms with Crippen molar-refractivity contribution in [1.82, 2.24) is 14.8 Å². The first-order valence-electron chi connectivity index (χ1n) is 5.27. The second-order valence-corrected chi connectivity index (χ2v) is 5.83. The lowest BCUT2D eigenvalue weighted by Gasteiger charge is -2.22. The van der Waals surface area contributed by atoms with Crippen LogP contribution in [0.2, 0.25) is 0 Å². The predicted molar refractivity (Wildman–Crippen MR) is 66.8 cm³/mol. The van der Waals surface area contributed by atoms with Crippen molar-refractivity contribution >= 4 is 29.5 Å². The van der Waals surface area contributed by atoms with E-state index in [2.05, 4.69) is 10.2 Å². The molecule has 1 saturated heterocycles. The number of thioether (sulfide) groups is 2. The highest BCUT2D eigenvalue weighted by Crippen LogP contribution is 2.28. The van der Waals surface area contributed by atoms with Crippen LogP contribution in [0.1, 0.15) is 18.9 Å². The fraction of sp³-hybridized carbons (Fsp3) is 0.667. The number of aromatic amines is 1. The Kier molecular flexibility index (Phi) is 4.16. The van der Waals surface area contributed by atoms with E-state index in [1.54, 1.807) is 4.57 Å². The first-order valence-corrected chi connectivity index (χ1v) is 7.41. The number of H-pyrrole nitrogens is 1. The van der Waals surface area contributed by atoms with Crippen molar-refractivity contribution in [3.63, 3.8) is 0 Å². The second-order valence-electron chi connectivity index (χ2n) is 3.73. The van der Waals surface area contributed by atoms with Crippen molar-refractivity contribution in [3.05, 3.63) is 10.5 Å². The molecule has 0 radical (unpaired) electrons. The average Bonchev–Trinajstić information content (AvgIpc) is 2.69. The maximum absolute atomic E-state index is 11.7. The summed E-state index contributed by atoms with van der Waals surface area (Å²) in [7, 11) is 0. The van der Waals surface area contributed by atoms with Crippen LogP contribution in [-0.2, 0) is 4.79 Å². The van der Waals surface area contributed by atoms with Gasteiger partial charge in [0, 0.05) is 11.8 Å². The van der Waals surface area contributed by atoms with Gasteiger partial charge in [0.1, 0.15) is 0 Å². The molecule has 1 fully saturated rings. The molecule has 94 valence electrons. The van der Waals surface area contributed by atoms with Crippen molar-refractivity contribution in [2.75, 3.05) is 17.3 Å². The van der Waals surface area contributed by atoms with Crippen molar-refractivity contribution in [2.24, 2.45) is 0 Å². The summed E-state index contributed by atoms with van der Waals surface area (Å²) < 4.78 is 1.60. The van der Waals surface area contributed by atoms with Crippen LogP contribution in [0.25, 0.3) is 0 Å². The first kappa shape index (κ1) is 12.6. The van der Waals surface area contributed by atoms with Gasteiger partial charge < -0.3 is 5.11 Å². The number of carboxylic acids is 1. The lowest BCUT2D eigenvalue weighted by Crippen LogP contribution is -2.26. The standard InChI is InChI=1S/C9H13N3O3S2/c13-7(14)5-17-9-11-10-8(15)12(9)6-2-1-3-16-4-6/h6H,1-5H2,(H,10,15)(H,13,14). The van der Waals surface area contributed by atoms with E-state index in [0.29, 0.717) is 5.16 Å². The van der Waals surface area contributed by atoms with E-state index in [0.717, 1.165) is 36.1 Å². The second kappa shape index (κ2) is 5.63. The van der Waals surface area contributed by atoms with Gasteiger partial charge in [0.25, 0.3) is 0 Å². The number of carboxylic acid groups (broad SMARTS) is 1. The van der Waals surface area contributed by atoms with Gasteiger partial charge in [-0.3, -0.25) is 9.36 Å². The summed E-state index contributed by atoms with van der Waals surface area (Å²) in [6.07, 6.45) is 2.03. The summed E-state index contributed by atoms with van der Waals surface area (Å²) in [4.78, 5) is 22.2. The zero-order chi connectivity index (χ0) is 12.3. The topological polar surface area (TPSA) is 88.0 Å². The summed E-state index contributed by atoms with van der Waals surface area (Å²) in [5, 5.41) is 15.4. The highest BCUT2D eigenvalue weighted by molar-refractivity contribution is 7.99. The maximum atomic E-state index is 11.7. The highest BCUT2D eigenvalue weighted by Gasteiger charge is 2.21. The SMILES string of the molecule is O=C(O)CSc1n[nH]c(=O)n1C1CCCSC1. The molecule has 0 spiro atoms. The van der Waals surface area contributed by atoms with E-state index in [-0.39, 0.29) is 17.5 Å². The number of rotatable bonds is 4. The van der Waals surface area contributed by atoms with Gasteiger partial charge in [-0.15, -0.1) is 5.10 Å². The van der Waals surface area contributed by atoms with Crippen molar-refractivity contribution in [2.45, 2.75) is 24.0 Å². The van der Waals surface area contributed by atoms with Gasteiger partial charge in [-0.25, -0.2) is 9.89 Å². The Morgan fingerprint density at radius 3 is 3.18 bits per heavy atom. The molecule has 0 aromatic carbocycles. The van der Waals surface area contributed by atoms with Gasteiger partial charge in [0.05, 0.1) is 5.75 Å². The van der Waals surface area contributed by atoms with Gasteiger partial charge in [0.2, 0.25) is 0 Å². The third-order valence-corrected chi connectivity index (χ3v) is 4.63. The zero-order valence-corrected chi connectivity index (χ0v) is 10.7. The Bertz CT molecular complexity index is 451. The van der Waals surface area contributed by atoms with Crippen molar-refractivity contribution in [3.8, 4) is 0 Å². The van der Waals surface area contributed by atoms with Gasteiger partial charge in [-0.1, -0.05) is 11.8 Å². The molecule has 1 aromatic heterocycles. The van der Waals surface area contributed by atoms with E-state index in [1.807, 2.05) is 11.8 Å². The van der Waals surface area contributed by atoms with Gasteiger partial charge in [-0.05, 0) is 18.6 Å². The third-order valence-electron chi connectivity index (χ3n) is 2.50. The summed E-state index contributed by atoms with van der Waals surface area (Å²) in [6.45, 7) is 0. The molecule has 2 heterocycles.